The molecule has 1 radical (unpaired) electrons. The minimum atomic E-state index is 0.377. The molecular weight excluding hydrogens is 157 g/mol. The van der Waals surface area contributed by atoms with Gasteiger partial charge < -0.3 is 5.73 Å². The second-order valence-corrected chi connectivity index (χ2v) is 2.34. The number of benzene rings is 1. The summed E-state index contributed by atoms with van der Waals surface area (Å²) in [5, 5.41) is 0.848. The molecule has 0 spiro atoms. The lowest BCUT2D eigenvalue weighted by molar-refractivity contribution is 1.67. The Hall–Kier alpha value is -0.400. The van der Waals surface area contributed by atoms with Gasteiger partial charge in [0.1, 0.15) is 0 Å². The Kier molecular flexibility index (Phi) is 1.84. The normalized spacial score (nSPS) is 9.56. The molecule has 0 aliphatic heterocycles. The van der Waals surface area contributed by atoms with Gasteiger partial charge in [-0.05, 0) is 6.07 Å². The fourth-order valence-electron chi connectivity index (χ4n) is 0.460. The molecule has 3 heteroatoms. The lowest BCUT2D eigenvalue weighted by Crippen LogP contribution is -1.85. The van der Waals surface area contributed by atoms with Gasteiger partial charge in [0.15, 0.2) is 0 Å². The van der Waals surface area contributed by atoms with E-state index in [4.69, 9.17) is 28.9 Å². The van der Waals surface area contributed by atoms with Gasteiger partial charge in [-0.1, -0.05) is 29.3 Å². The van der Waals surface area contributed by atoms with Gasteiger partial charge in [-0.15, -0.1) is 0 Å². The first kappa shape index (κ1) is 6.72. The van der Waals surface area contributed by atoms with Crippen molar-refractivity contribution >= 4 is 28.9 Å². The van der Waals surface area contributed by atoms with E-state index >= 15 is 0 Å². The maximum atomic E-state index is 5.58. The summed E-state index contributed by atoms with van der Waals surface area (Å²) >= 11 is 11.1. The van der Waals surface area contributed by atoms with Crippen LogP contribution < -0.4 is 5.73 Å². The number of hydrogen-bond donors (Lipinski definition) is 1. The molecule has 0 aromatic heterocycles. The Morgan fingerprint density at radius 2 is 2.11 bits per heavy atom. The van der Waals surface area contributed by atoms with Crippen LogP contribution in [0, 0.1) is 6.07 Å². The quantitative estimate of drug-likeness (QED) is 0.580. The van der Waals surface area contributed by atoms with Crippen LogP contribution >= 0.6 is 23.2 Å². The molecule has 1 aromatic carbocycles. The zero-order chi connectivity index (χ0) is 6.85. The molecule has 1 rings (SSSR count). The van der Waals surface area contributed by atoms with Gasteiger partial charge in [-0.2, -0.15) is 0 Å². The monoisotopic (exact) mass is 160 g/mol. The first-order valence-electron chi connectivity index (χ1n) is 2.33. The average molecular weight is 161 g/mol. The van der Waals surface area contributed by atoms with Gasteiger partial charge >= 0.3 is 0 Å². The highest BCUT2D eigenvalue weighted by Gasteiger charge is 1.97. The first-order chi connectivity index (χ1) is 4.22. The zero-order valence-corrected chi connectivity index (χ0v) is 6.00. The summed E-state index contributed by atoms with van der Waals surface area (Å²) in [5.41, 5.74) is 5.78. The van der Waals surface area contributed by atoms with Crippen molar-refractivity contribution in [3.05, 3.63) is 28.2 Å². The number of nitrogen functional groups attached to an aromatic ring is 1. The van der Waals surface area contributed by atoms with Gasteiger partial charge in [0.25, 0.3) is 0 Å². The third kappa shape index (κ3) is 1.29. The SMILES string of the molecule is Nc1c(Cl)[c]ccc1Cl. The fraction of sp³-hybridized carbons (Fsp3) is 0. The molecule has 0 fully saturated rings. The molecule has 0 saturated heterocycles. The van der Waals surface area contributed by atoms with Crippen LogP contribution in [0.25, 0.3) is 0 Å². The lowest BCUT2D eigenvalue weighted by Gasteiger charge is -1.96. The van der Waals surface area contributed by atoms with E-state index in [0.717, 1.165) is 0 Å². The van der Waals surface area contributed by atoms with Crippen LogP contribution in [-0.4, -0.2) is 0 Å². The third-order valence-corrected chi connectivity index (χ3v) is 1.58. The molecule has 0 aliphatic carbocycles. The highest BCUT2D eigenvalue weighted by atomic mass is 35.5. The molecule has 9 heavy (non-hydrogen) atoms. The average Bonchev–Trinajstić information content (AvgIpc) is 1.83. The van der Waals surface area contributed by atoms with E-state index < -0.39 is 0 Å². The van der Waals surface area contributed by atoms with Crippen molar-refractivity contribution in [2.45, 2.75) is 0 Å². The largest absolute Gasteiger partial charge is 0.396 e. The number of rotatable bonds is 0. The zero-order valence-electron chi connectivity index (χ0n) is 4.49. The Morgan fingerprint density at radius 1 is 1.44 bits per heavy atom. The second kappa shape index (κ2) is 2.46. The summed E-state index contributed by atoms with van der Waals surface area (Å²) in [6.07, 6.45) is 0. The van der Waals surface area contributed by atoms with E-state index in [1.165, 1.54) is 0 Å². The smallest absolute Gasteiger partial charge is 0.0729 e. The summed E-state index contributed by atoms with van der Waals surface area (Å²) < 4.78 is 0. The molecule has 47 valence electrons. The third-order valence-electron chi connectivity index (χ3n) is 0.933. The molecule has 0 bridgehead atoms. The highest BCUT2D eigenvalue weighted by molar-refractivity contribution is 6.38. The predicted molar refractivity (Wildman–Crippen MR) is 39.7 cm³/mol. The van der Waals surface area contributed by atoms with Gasteiger partial charge in [0.05, 0.1) is 15.7 Å². The highest BCUT2D eigenvalue weighted by Crippen LogP contribution is 2.25. The number of hydrogen-bond acceptors (Lipinski definition) is 1. The van der Waals surface area contributed by atoms with E-state index in [-0.39, 0.29) is 0 Å². The second-order valence-electron chi connectivity index (χ2n) is 1.55. The van der Waals surface area contributed by atoms with Crippen molar-refractivity contribution < 1.29 is 0 Å². The van der Waals surface area contributed by atoms with Crippen LogP contribution in [0.4, 0.5) is 5.69 Å². The predicted octanol–water partition coefficient (Wildman–Crippen LogP) is 2.38. The number of nitrogens with two attached hydrogens (primary N) is 1. The van der Waals surface area contributed by atoms with E-state index in [0.29, 0.717) is 15.7 Å². The summed E-state index contributed by atoms with van der Waals surface area (Å²) in [4.78, 5) is 0. The molecule has 1 aromatic rings. The Bertz CT molecular complexity index is 202. The van der Waals surface area contributed by atoms with Gasteiger partial charge in [-0.25, -0.2) is 0 Å². The topological polar surface area (TPSA) is 26.0 Å². The van der Waals surface area contributed by atoms with Crippen molar-refractivity contribution in [2.75, 3.05) is 5.73 Å². The molecule has 0 unspecified atom stereocenters. The molecule has 0 atom stereocenters. The number of halogens is 2. The Balaban J connectivity index is 3.25. The van der Waals surface area contributed by atoms with Crippen LogP contribution in [0.5, 0.6) is 0 Å². The minimum Gasteiger partial charge on any atom is -0.396 e. The van der Waals surface area contributed by atoms with Crippen LogP contribution in [0.15, 0.2) is 12.1 Å². The molecule has 0 heterocycles. The van der Waals surface area contributed by atoms with Crippen LogP contribution in [-0.2, 0) is 0 Å². The molecule has 2 N–H and O–H groups in total. The summed E-state index contributed by atoms with van der Waals surface area (Å²) in [6.45, 7) is 0. The van der Waals surface area contributed by atoms with Gasteiger partial charge in [-0.3, -0.25) is 0 Å². The standard InChI is InChI=1S/C6H4Cl2N/c7-4-2-1-3-5(8)6(4)9/h1-2H,9H2. The summed E-state index contributed by atoms with van der Waals surface area (Å²) in [6, 6.07) is 5.96. The van der Waals surface area contributed by atoms with Gasteiger partial charge in [0.2, 0.25) is 0 Å². The number of anilines is 1. The molecular formula is C6H4Cl2N. The van der Waals surface area contributed by atoms with Crippen molar-refractivity contribution in [3.8, 4) is 0 Å². The van der Waals surface area contributed by atoms with Crippen molar-refractivity contribution in [3.63, 3.8) is 0 Å². The van der Waals surface area contributed by atoms with Gasteiger partial charge in [0, 0.05) is 6.07 Å². The molecule has 1 nitrogen and oxygen atoms in total. The van der Waals surface area contributed by atoms with Crippen molar-refractivity contribution in [1.29, 1.82) is 0 Å². The maximum Gasteiger partial charge on any atom is 0.0729 e. The van der Waals surface area contributed by atoms with Crippen LogP contribution in [0.2, 0.25) is 10.0 Å². The minimum absolute atomic E-state index is 0.377. The Morgan fingerprint density at radius 3 is 2.56 bits per heavy atom. The van der Waals surface area contributed by atoms with E-state index in [1.807, 2.05) is 0 Å². The van der Waals surface area contributed by atoms with E-state index in [9.17, 15) is 0 Å². The van der Waals surface area contributed by atoms with Crippen molar-refractivity contribution in [1.82, 2.24) is 0 Å². The summed E-state index contributed by atoms with van der Waals surface area (Å²) in [7, 11) is 0. The fourth-order valence-corrected chi connectivity index (χ4v) is 0.831. The van der Waals surface area contributed by atoms with E-state index in [2.05, 4.69) is 6.07 Å². The maximum absolute atomic E-state index is 5.58. The Labute approximate surface area is 63.4 Å². The lowest BCUT2D eigenvalue weighted by atomic mass is 10.3. The van der Waals surface area contributed by atoms with Crippen molar-refractivity contribution in [2.24, 2.45) is 0 Å². The molecule has 0 aliphatic rings. The van der Waals surface area contributed by atoms with Crippen LogP contribution in [0.3, 0.4) is 0 Å². The first-order valence-corrected chi connectivity index (χ1v) is 3.08. The van der Waals surface area contributed by atoms with E-state index in [1.54, 1.807) is 12.1 Å². The summed E-state index contributed by atoms with van der Waals surface area (Å²) in [5.74, 6) is 0. The van der Waals surface area contributed by atoms with Crippen LogP contribution in [0.1, 0.15) is 0 Å². The molecule has 0 saturated carbocycles. The molecule has 0 amide bonds.